The number of hydrogen-bond acceptors (Lipinski definition) is 4. The zero-order chi connectivity index (χ0) is 30.5. The van der Waals surface area contributed by atoms with E-state index in [9.17, 15) is 14.7 Å². The van der Waals surface area contributed by atoms with Crippen LogP contribution in [0.25, 0.3) is 0 Å². The van der Waals surface area contributed by atoms with E-state index in [2.05, 4.69) is 65.6 Å². The molecule has 0 bridgehead atoms. The van der Waals surface area contributed by atoms with Crippen molar-refractivity contribution >= 4 is 11.7 Å². The number of ketones is 1. The quantitative estimate of drug-likeness (QED) is 0.335. The summed E-state index contributed by atoms with van der Waals surface area (Å²) in [5.41, 5.74) is 1.73. The van der Waals surface area contributed by atoms with Crippen molar-refractivity contribution in [3.63, 3.8) is 0 Å². The third-order valence-electron chi connectivity index (χ3n) is 15.2. The third kappa shape index (κ3) is 4.13. The molecule has 0 aromatic heterocycles. The molecule has 1 amide bonds. The first-order valence-corrected chi connectivity index (χ1v) is 17.6. The lowest BCUT2D eigenvalue weighted by Crippen LogP contribution is -2.71. The van der Waals surface area contributed by atoms with Crippen LogP contribution in [-0.4, -0.2) is 47.1 Å². The zero-order valence-corrected chi connectivity index (χ0v) is 28.1. The molecule has 0 radical (unpaired) electrons. The van der Waals surface area contributed by atoms with E-state index in [1.807, 2.05) is 0 Å². The fourth-order valence-electron chi connectivity index (χ4n) is 12.6. The van der Waals surface area contributed by atoms with Gasteiger partial charge in [0.1, 0.15) is 5.72 Å². The van der Waals surface area contributed by atoms with Crippen LogP contribution in [0, 0.1) is 50.7 Å². The molecule has 0 aromatic rings. The van der Waals surface area contributed by atoms with Crippen molar-refractivity contribution in [1.29, 1.82) is 0 Å². The molecular formula is C37H60N2O3. The highest BCUT2D eigenvalue weighted by atomic mass is 16.3. The largest absolute Gasteiger partial charge is 0.370 e. The van der Waals surface area contributed by atoms with Gasteiger partial charge in [-0.05, 0) is 128 Å². The van der Waals surface area contributed by atoms with E-state index in [1.54, 1.807) is 5.57 Å². The molecule has 5 nitrogen and oxygen atoms in total. The van der Waals surface area contributed by atoms with Crippen molar-refractivity contribution < 1.29 is 14.7 Å². The van der Waals surface area contributed by atoms with Crippen LogP contribution in [0.2, 0.25) is 0 Å². The van der Waals surface area contributed by atoms with Gasteiger partial charge in [0, 0.05) is 24.8 Å². The lowest BCUT2D eigenvalue weighted by molar-refractivity contribution is -0.257. The maximum atomic E-state index is 13.4. The van der Waals surface area contributed by atoms with Gasteiger partial charge in [0.05, 0.1) is 0 Å². The highest BCUT2D eigenvalue weighted by Gasteiger charge is 2.71. The van der Waals surface area contributed by atoms with E-state index in [-0.39, 0.29) is 27.6 Å². The number of nitrogens with zero attached hydrogens (tertiary/aromatic N) is 1. The summed E-state index contributed by atoms with van der Waals surface area (Å²) in [5.74, 6) is 2.17. The Morgan fingerprint density at radius 3 is 2.26 bits per heavy atom. The molecule has 5 heteroatoms. The molecule has 236 valence electrons. The Kier molecular flexibility index (Phi) is 7.26. The average Bonchev–Trinajstić information content (AvgIpc) is 3.51. The van der Waals surface area contributed by atoms with Gasteiger partial charge in [0.15, 0.2) is 5.78 Å². The molecule has 5 aliphatic carbocycles. The van der Waals surface area contributed by atoms with Crippen molar-refractivity contribution in [2.45, 2.75) is 138 Å². The van der Waals surface area contributed by atoms with Crippen LogP contribution < -0.4 is 5.32 Å². The van der Waals surface area contributed by atoms with E-state index in [4.69, 9.17) is 0 Å². The Balaban J connectivity index is 1.27. The molecule has 6 aliphatic rings. The summed E-state index contributed by atoms with van der Waals surface area (Å²) in [6.07, 6.45) is 12.2. The SMILES string of the molecule is CC(C)C1=C2[C@H]3CC[C@@H]4[C@@]5(C)CC[C@@](O)(NC(=O)CCN6CCCC6)C(C)(C)[C@@H]5CC[C@@]4(C)[C@]3(C)CC[C@@]2(C)CC1=O. The van der Waals surface area contributed by atoms with Crippen LogP contribution in [0.4, 0.5) is 0 Å². The van der Waals surface area contributed by atoms with Gasteiger partial charge in [0.2, 0.25) is 5.91 Å². The second-order valence-corrected chi connectivity index (χ2v) is 17.7. The summed E-state index contributed by atoms with van der Waals surface area (Å²) in [6.45, 7) is 22.1. The monoisotopic (exact) mass is 580 g/mol. The van der Waals surface area contributed by atoms with Crippen molar-refractivity contribution in [2.24, 2.45) is 50.7 Å². The number of allylic oxidation sites excluding steroid dienone is 2. The highest BCUT2D eigenvalue weighted by Crippen LogP contribution is 2.77. The van der Waals surface area contributed by atoms with Crippen LogP contribution in [0.3, 0.4) is 0 Å². The maximum absolute atomic E-state index is 13.4. The number of hydrogen-bond donors (Lipinski definition) is 2. The highest BCUT2D eigenvalue weighted by molar-refractivity contribution is 6.00. The molecule has 8 atom stereocenters. The summed E-state index contributed by atoms with van der Waals surface area (Å²) >= 11 is 0. The van der Waals surface area contributed by atoms with E-state index in [0.29, 0.717) is 42.3 Å². The first-order chi connectivity index (χ1) is 19.5. The minimum absolute atomic E-state index is 0.000317. The molecule has 0 aromatic carbocycles. The molecule has 1 saturated heterocycles. The minimum atomic E-state index is -1.16. The van der Waals surface area contributed by atoms with Crippen LogP contribution in [0.5, 0.6) is 0 Å². The number of nitrogens with one attached hydrogen (secondary N) is 1. The molecule has 4 saturated carbocycles. The van der Waals surface area contributed by atoms with Crippen LogP contribution in [-0.2, 0) is 9.59 Å². The van der Waals surface area contributed by atoms with Crippen LogP contribution in [0.15, 0.2) is 11.1 Å². The fraction of sp³-hybridized carbons (Fsp3) is 0.892. The topological polar surface area (TPSA) is 69.6 Å². The van der Waals surface area contributed by atoms with Gasteiger partial charge in [-0.25, -0.2) is 0 Å². The third-order valence-corrected chi connectivity index (χ3v) is 15.2. The Morgan fingerprint density at radius 1 is 0.905 bits per heavy atom. The van der Waals surface area contributed by atoms with E-state index < -0.39 is 11.1 Å². The van der Waals surface area contributed by atoms with Gasteiger partial charge in [-0.1, -0.05) is 61.0 Å². The Morgan fingerprint density at radius 2 is 1.60 bits per heavy atom. The number of Topliss-reactive ketones (excluding diaryl/α,β-unsaturated/α-hetero) is 1. The molecule has 5 fully saturated rings. The predicted molar refractivity (Wildman–Crippen MR) is 168 cm³/mol. The number of amides is 1. The predicted octanol–water partition coefficient (Wildman–Crippen LogP) is 7.28. The molecule has 1 heterocycles. The number of carbonyl (C=O) groups excluding carboxylic acids is 2. The van der Waals surface area contributed by atoms with E-state index in [1.165, 1.54) is 44.1 Å². The summed E-state index contributed by atoms with van der Waals surface area (Å²) in [7, 11) is 0. The molecule has 0 spiro atoms. The van der Waals surface area contributed by atoms with Crippen molar-refractivity contribution in [3.05, 3.63) is 11.1 Å². The number of rotatable bonds is 5. The number of carbonyl (C=O) groups is 2. The zero-order valence-electron chi connectivity index (χ0n) is 28.1. The minimum Gasteiger partial charge on any atom is -0.370 e. The lowest BCUT2D eigenvalue weighted by atomic mass is 9.32. The molecule has 6 rings (SSSR count). The van der Waals surface area contributed by atoms with Gasteiger partial charge < -0.3 is 15.3 Å². The van der Waals surface area contributed by atoms with Gasteiger partial charge in [-0.2, -0.15) is 0 Å². The summed E-state index contributed by atoms with van der Waals surface area (Å²) < 4.78 is 0. The molecule has 1 aliphatic heterocycles. The average molecular weight is 581 g/mol. The van der Waals surface area contributed by atoms with Gasteiger partial charge in [0.25, 0.3) is 0 Å². The molecular weight excluding hydrogens is 520 g/mol. The number of aliphatic hydroxyl groups is 1. The van der Waals surface area contributed by atoms with Gasteiger partial charge in [-0.3, -0.25) is 9.59 Å². The Bertz CT molecular complexity index is 1170. The Hall–Kier alpha value is -1.20. The number of fused-ring (bicyclic) bond motifs is 7. The normalized spacial score (nSPS) is 46.7. The molecule has 42 heavy (non-hydrogen) atoms. The molecule has 0 unspecified atom stereocenters. The van der Waals surface area contributed by atoms with Crippen LogP contribution >= 0.6 is 0 Å². The second kappa shape index (κ2) is 9.90. The van der Waals surface area contributed by atoms with Crippen molar-refractivity contribution in [2.75, 3.05) is 19.6 Å². The Labute approximate surface area is 256 Å². The summed E-state index contributed by atoms with van der Waals surface area (Å²) in [4.78, 5) is 28.9. The van der Waals surface area contributed by atoms with Crippen molar-refractivity contribution in [1.82, 2.24) is 10.2 Å². The lowest BCUT2D eigenvalue weighted by Gasteiger charge is -2.73. The van der Waals surface area contributed by atoms with E-state index in [0.717, 1.165) is 45.3 Å². The maximum Gasteiger partial charge on any atom is 0.223 e. The van der Waals surface area contributed by atoms with Gasteiger partial charge >= 0.3 is 0 Å². The standard InChI is InChI=1S/C37H60N2O3/c1-24(2)30-26(40)23-33(5)16-18-35(7)25(31(30)33)11-12-28-34(6)17-19-37(42,32(3,4)27(34)13-15-36(28,35)8)38-29(41)14-22-39-20-9-10-21-39/h24-25,27-28,42H,9-23H2,1-8H3,(H,38,41)/t25-,27+,28-,33+,34+,35-,36-,37+/m1/s1. The summed E-state index contributed by atoms with van der Waals surface area (Å²) in [6, 6.07) is 0. The van der Waals surface area contributed by atoms with Crippen LogP contribution in [0.1, 0.15) is 132 Å². The van der Waals surface area contributed by atoms with Gasteiger partial charge in [-0.15, -0.1) is 0 Å². The molecule has 2 N–H and O–H groups in total. The first kappa shape index (κ1) is 30.8. The second-order valence-electron chi connectivity index (χ2n) is 17.7. The fourth-order valence-corrected chi connectivity index (χ4v) is 12.6. The number of likely N-dealkylation sites (tertiary alicyclic amines) is 1. The first-order valence-electron chi connectivity index (χ1n) is 17.6. The summed E-state index contributed by atoms with van der Waals surface area (Å²) in [5, 5.41) is 15.4. The van der Waals surface area contributed by atoms with E-state index >= 15 is 0 Å². The smallest absolute Gasteiger partial charge is 0.223 e. The van der Waals surface area contributed by atoms with Crippen molar-refractivity contribution in [3.8, 4) is 0 Å².